The standard InChI is InChI=1S/C9H10O2.C2H7N/c1-2-11-9-5-3-8(7-10)4-6-9;1-3-2/h3-7H,2H2,1H3;3H,1-2H3. The van der Waals surface area contributed by atoms with Crippen molar-refractivity contribution in [1.82, 2.24) is 5.32 Å². The minimum atomic E-state index is 0.653. The molecule has 0 atom stereocenters. The SMILES string of the molecule is CCOc1ccc(C=O)cc1.CNC. The second-order valence-corrected chi connectivity index (χ2v) is 2.62. The molecule has 0 radical (unpaired) electrons. The molecule has 1 aromatic rings. The van der Waals surface area contributed by atoms with Gasteiger partial charge in [0.2, 0.25) is 0 Å². The van der Waals surface area contributed by atoms with Crippen LogP contribution >= 0.6 is 0 Å². The molecule has 0 heterocycles. The molecule has 1 aromatic carbocycles. The minimum absolute atomic E-state index is 0.653. The molecule has 0 bridgehead atoms. The average Bonchev–Trinajstić information content (AvgIpc) is 2.21. The van der Waals surface area contributed by atoms with E-state index < -0.39 is 0 Å². The Balaban J connectivity index is 0.000000500. The summed E-state index contributed by atoms with van der Waals surface area (Å²) in [5, 5.41) is 2.75. The smallest absolute Gasteiger partial charge is 0.150 e. The van der Waals surface area contributed by atoms with Crippen LogP contribution in [0.1, 0.15) is 17.3 Å². The quantitative estimate of drug-likeness (QED) is 0.746. The van der Waals surface area contributed by atoms with E-state index in [-0.39, 0.29) is 0 Å². The van der Waals surface area contributed by atoms with Gasteiger partial charge in [0.1, 0.15) is 12.0 Å². The Morgan fingerprint density at radius 1 is 1.29 bits per heavy atom. The first kappa shape index (κ1) is 12.7. The summed E-state index contributed by atoms with van der Waals surface area (Å²) < 4.78 is 5.19. The first-order valence-electron chi connectivity index (χ1n) is 4.55. The van der Waals surface area contributed by atoms with Gasteiger partial charge in [-0.1, -0.05) is 0 Å². The Labute approximate surface area is 85.1 Å². The summed E-state index contributed by atoms with van der Waals surface area (Å²) in [7, 11) is 3.75. The molecule has 0 amide bonds. The number of carbonyl (C=O) groups excluding carboxylic acids is 1. The van der Waals surface area contributed by atoms with Crippen molar-refractivity contribution in [2.24, 2.45) is 0 Å². The van der Waals surface area contributed by atoms with E-state index in [2.05, 4.69) is 5.32 Å². The molecular weight excluding hydrogens is 178 g/mol. The van der Waals surface area contributed by atoms with Crippen molar-refractivity contribution in [3.05, 3.63) is 29.8 Å². The molecule has 0 aliphatic heterocycles. The van der Waals surface area contributed by atoms with Crippen LogP contribution in [-0.2, 0) is 0 Å². The summed E-state index contributed by atoms with van der Waals surface area (Å²) >= 11 is 0. The molecule has 0 saturated carbocycles. The molecule has 1 rings (SSSR count). The second-order valence-electron chi connectivity index (χ2n) is 2.62. The van der Waals surface area contributed by atoms with Gasteiger partial charge in [-0.2, -0.15) is 0 Å². The van der Waals surface area contributed by atoms with Gasteiger partial charge in [-0.3, -0.25) is 4.79 Å². The Bertz CT molecular complexity index is 244. The lowest BCUT2D eigenvalue weighted by Gasteiger charge is -2.00. The van der Waals surface area contributed by atoms with Crippen molar-refractivity contribution in [3.63, 3.8) is 0 Å². The molecule has 0 fully saturated rings. The fourth-order valence-corrected chi connectivity index (χ4v) is 0.809. The lowest BCUT2D eigenvalue weighted by atomic mass is 10.2. The van der Waals surface area contributed by atoms with E-state index in [0.717, 1.165) is 12.0 Å². The normalized spacial score (nSPS) is 8.50. The van der Waals surface area contributed by atoms with Gasteiger partial charge in [-0.25, -0.2) is 0 Å². The third kappa shape index (κ3) is 5.32. The van der Waals surface area contributed by atoms with Crippen LogP contribution < -0.4 is 10.1 Å². The van der Waals surface area contributed by atoms with Crippen LogP contribution in [0.2, 0.25) is 0 Å². The first-order valence-corrected chi connectivity index (χ1v) is 4.55. The minimum Gasteiger partial charge on any atom is -0.494 e. The van der Waals surface area contributed by atoms with Crippen molar-refractivity contribution < 1.29 is 9.53 Å². The molecule has 0 spiro atoms. The number of nitrogens with one attached hydrogen (secondary N) is 1. The topological polar surface area (TPSA) is 38.3 Å². The Morgan fingerprint density at radius 2 is 1.79 bits per heavy atom. The summed E-state index contributed by atoms with van der Waals surface area (Å²) in [5.41, 5.74) is 0.674. The van der Waals surface area contributed by atoms with Crippen LogP contribution in [0.3, 0.4) is 0 Å². The van der Waals surface area contributed by atoms with E-state index in [4.69, 9.17) is 4.74 Å². The molecule has 0 aliphatic rings. The van der Waals surface area contributed by atoms with Crippen LogP contribution in [0.15, 0.2) is 24.3 Å². The second kappa shape index (κ2) is 8.26. The van der Waals surface area contributed by atoms with E-state index in [1.165, 1.54) is 0 Å². The zero-order chi connectivity index (χ0) is 10.8. The van der Waals surface area contributed by atoms with Crippen molar-refractivity contribution in [2.75, 3.05) is 20.7 Å². The summed E-state index contributed by atoms with van der Waals surface area (Å²) in [5.74, 6) is 0.804. The molecule has 0 saturated heterocycles. The average molecular weight is 195 g/mol. The molecule has 0 unspecified atom stereocenters. The maximum atomic E-state index is 10.2. The number of carbonyl (C=O) groups is 1. The van der Waals surface area contributed by atoms with Gasteiger partial charge in [-0.15, -0.1) is 0 Å². The Hall–Kier alpha value is -1.35. The molecule has 0 aromatic heterocycles. The van der Waals surface area contributed by atoms with Crippen molar-refractivity contribution in [3.8, 4) is 5.75 Å². The van der Waals surface area contributed by atoms with Crippen molar-refractivity contribution in [1.29, 1.82) is 0 Å². The van der Waals surface area contributed by atoms with Gasteiger partial charge in [0.25, 0.3) is 0 Å². The highest BCUT2D eigenvalue weighted by atomic mass is 16.5. The van der Waals surface area contributed by atoms with E-state index in [9.17, 15) is 4.79 Å². The summed E-state index contributed by atoms with van der Waals surface area (Å²) in [6.07, 6.45) is 0.815. The largest absolute Gasteiger partial charge is 0.494 e. The third-order valence-corrected chi connectivity index (χ3v) is 1.33. The summed E-state index contributed by atoms with van der Waals surface area (Å²) in [6.45, 7) is 2.58. The fourth-order valence-electron chi connectivity index (χ4n) is 0.809. The predicted octanol–water partition coefficient (Wildman–Crippen LogP) is 1.73. The lowest BCUT2D eigenvalue weighted by molar-refractivity contribution is 0.112. The van der Waals surface area contributed by atoms with Crippen LogP contribution in [0, 0.1) is 0 Å². The molecule has 78 valence electrons. The van der Waals surface area contributed by atoms with E-state index in [0.29, 0.717) is 12.2 Å². The van der Waals surface area contributed by atoms with E-state index in [1.807, 2.05) is 21.0 Å². The highest BCUT2D eigenvalue weighted by molar-refractivity contribution is 5.74. The number of ether oxygens (including phenoxy) is 1. The number of hydrogen-bond donors (Lipinski definition) is 1. The number of rotatable bonds is 3. The number of aldehydes is 1. The first-order chi connectivity index (χ1) is 6.78. The van der Waals surface area contributed by atoms with Gasteiger partial charge in [-0.05, 0) is 45.3 Å². The van der Waals surface area contributed by atoms with Crippen LogP contribution in [0.25, 0.3) is 0 Å². The molecule has 1 N–H and O–H groups in total. The van der Waals surface area contributed by atoms with E-state index >= 15 is 0 Å². The molecule has 3 heteroatoms. The van der Waals surface area contributed by atoms with Crippen molar-refractivity contribution >= 4 is 6.29 Å². The van der Waals surface area contributed by atoms with Gasteiger partial charge in [0.05, 0.1) is 6.61 Å². The highest BCUT2D eigenvalue weighted by Gasteiger charge is 1.91. The number of hydrogen-bond acceptors (Lipinski definition) is 3. The Kier molecular flexibility index (Phi) is 7.46. The van der Waals surface area contributed by atoms with E-state index in [1.54, 1.807) is 24.3 Å². The monoisotopic (exact) mass is 195 g/mol. The third-order valence-electron chi connectivity index (χ3n) is 1.33. The van der Waals surface area contributed by atoms with Gasteiger partial charge < -0.3 is 10.1 Å². The van der Waals surface area contributed by atoms with Crippen LogP contribution in [-0.4, -0.2) is 27.0 Å². The maximum absolute atomic E-state index is 10.2. The highest BCUT2D eigenvalue weighted by Crippen LogP contribution is 2.10. The Morgan fingerprint density at radius 3 is 2.14 bits per heavy atom. The van der Waals surface area contributed by atoms with Crippen LogP contribution in [0.5, 0.6) is 5.75 Å². The predicted molar refractivity (Wildman–Crippen MR) is 58.0 cm³/mol. The molecular formula is C11H17NO2. The van der Waals surface area contributed by atoms with Gasteiger partial charge in [0.15, 0.2) is 0 Å². The van der Waals surface area contributed by atoms with Gasteiger partial charge >= 0.3 is 0 Å². The summed E-state index contributed by atoms with van der Waals surface area (Å²) in [6, 6.07) is 7.04. The zero-order valence-corrected chi connectivity index (χ0v) is 8.91. The summed E-state index contributed by atoms with van der Waals surface area (Å²) in [4.78, 5) is 10.2. The number of benzene rings is 1. The zero-order valence-electron chi connectivity index (χ0n) is 8.91. The fraction of sp³-hybridized carbons (Fsp3) is 0.364. The maximum Gasteiger partial charge on any atom is 0.150 e. The molecule has 0 aliphatic carbocycles. The lowest BCUT2D eigenvalue weighted by Crippen LogP contribution is -1.90. The van der Waals surface area contributed by atoms with Crippen molar-refractivity contribution in [2.45, 2.75) is 6.92 Å². The molecule has 3 nitrogen and oxygen atoms in total. The molecule has 14 heavy (non-hydrogen) atoms. The van der Waals surface area contributed by atoms with Crippen LogP contribution in [0.4, 0.5) is 0 Å². The van der Waals surface area contributed by atoms with Gasteiger partial charge in [0, 0.05) is 5.56 Å².